The molecule has 0 bridgehead atoms. The molecule has 4 aromatic carbocycles. The number of hydrogen-bond donors (Lipinski definition) is 2. The zero-order valence-electron chi connectivity index (χ0n) is 28.4. The fourth-order valence-electron chi connectivity index (χ4n) is 8.04. The number of aromatic hydroxyl groups is 2. The summed E-state index contributed by atoms with van der Waals surface area (Å²) >= 11 is 0. The van der Waals surface area contributed by atoms with Crippen molar-refractivity contribution >= 4 is 0 Å². The van der Waals surface area contributed by atoms with Crippen molar-refractivity contribution in [3.05, 3.63) is 75.8 Å². The van der Waals surface area contributed by atoms with Gasteiger partial charge < -0.3 is 38.6 Å². The Labute approximate surface area is 281 Å². The summed E-state index contributed by atoms with van der Waals surface area (Å²) in [6.07, 6.45) is 5.32. The molecule has 2 aliphatic carbocycles. The fraction of sp³-hybridized carbons (Fsp3) is 0.385. The monoisotopic (exact) mass is 653 g/mol. The summed E-state index contributed by atoms with van der Waals surface area (Å²) in [5.41, 5.74) is 8.15. The van der Waals surface area contributed by atoms with Crippen LogP contribution in [0.4, 0.5) is 0 Å². The van der Waals surface area contributed by atoms with Gasteiger partial charge in [0.25, 0.3) is 0 Å². The van der Waals surface area contributed by atoms with Crippen molar-refractivity contribution in [2.45, 2.75) is 50.5 Å². The molecule has 2 N–H and O–H groups in total. The lowest BCUT2D eigenvalue weighted by Crippen LogP contribution is -2.33. The molecule has 0 aromatic heterocycles. The first kappa shape index (κ1) is 31.8. The van der Waals surface area contributed by atoms with Crippen LogP contribution in [0.5, 0.6) is 51.7 Å². The Hall–Kier alpha value is -4.76. The van der Waals surface area contributed by atoms with Crippen LogP contribution in [0.15, 0.2) is 42.5 Å². The Kier molecular flexibility index (Phi) is 8.41. The number of benzene rings is 4. The van der Waals surface area contributed by atoms with Crippen molar-refractivity contribution in [3.63, 3.8) is 0 Å². The van der Waals surface area contributed by atoms with E-state index in [1.165, 1.54) is 16.7 Å². The lowest BCUT2D eigenvalue weighted by molar-refractivity contribution is 0.228. The zero-order chi connectivity index (χ0) is 33.7. The van der Waals surface area contributed by atoms with E-state index >= 15 is 0 Å². The number of fused-ring (bicyclic) bond motifs is 3. The summed E-state index contributed by atoms with van der Waals surface area (Å²) < 4.78 is 35.4. The van der Waals surface area contributed by atoms with Gasteiger partial charge in [0.1, 0.15) is 5.75 Å². The molecule has 0 fully saturated rings. The number of methoxy groups -OCH3 is 5. The normalized spacial score (nSPS) is 17.9. The van der Waals surface area contributed by atoms with E-state index in [0.29, 0.717) is 58.7 Å². The number of rotatable bonds is 9. The summed E-state index contributed by atoms with van der Waals surface area (Å²) in [5, 5.41) is 22.3. The molecule has 4 aromatic rings. The molecule has 7 rings (SSSR count). The number of likely N-dealkylation sites (N-methyl/N-ethyl adjacent to an activating group) is 1. The third-order valence-electron chi connectivity index (χ3n) is 10.4. The first-order valence-electron chi connectivity index (χ1n) is 16.5. The Morgan fingerprint density at radius 1 is 0.729 bits per heavy atom. The van der Waals surface area contributed by atoms with Crippen molar-refractivity contribution in [3.8, 4) is 62.9 Å². The van der Waals surface area contributed by atoms with Gasteiger partial charge in [0.05, 0.1) is 35.5 Å². The van der Waals surface area contributed by atoms with Gasteiger partial charge in [-0.1, -0.05) is 6.07 Å². The number of phenols is 2. The smallest absolute Gasteiger partial charge is 0.169 e. The molecule has 9 nitrogen and oxygen atoms in total. The van der Waals surface area contributed by atoms with Gasteiger partial charge in [0.15, 0.2) is 46.0 Å². The van der Waals surface area contributed by atoms with Gasteiger partial charge in [-0.25, -0.2) is 0 Å². The molecule has 0 saturated heterocycles. The van der Waals surface area contributed by atoms with E-state index in [2.05, 4.69) is 24.1 Å². The Morgan fingerprint density at radius 2 is 1.48 bits per heavy atom. The van der Waals surface area contributed by atoms with Crippen molar-refractivity contribution in [2.24, 2.45) is 0 Å². The molecule has 1 aliphatic heterocycles. The molecule has 0 amide bonds. The third-order valence-corrected chi connectivity index (χ3v) is 10.4. The Morgan fingerprint density at radius 3 is 2.21 bits per heavy atom. The summed E-state index contributed by atoms with van der Waals surface area (Å²) in [6, 6.07) is 13.7. The number of hydrogen-bond acceptors (Lipinski definition) is 9. The number of nitrogens with zero attached hydrogens (tertiary/aromatic N) is 1. The maximum absolute atomic E-state index is 11.7. The summed E-state index contributed by atoms with van der Waals surface area (Å²) in [7, 11) is 10.1. The first-order valence-corrected chi connectivity index (χ1v) is 16.5. The van der Waals surface area contributed by atoms with Gasteiger partial charge in [-0.05, 0) is 110 Å². The number of ether oxygens (including phenoxy) is 6. The highest BCUT2D eigenvalue weighted by molar-refractivity contribution is 5.90. The van der Waals surface area contributed by atoms with Gasteiger partial charge in [0.2, 0.25) is 0 Å². The minimum atomic E-state index is 0.0489. The second kappa shape index (κ2) is 12.7. The Bertz CT molecular complexity index is 1890. The van der Waals surface area contributed by atoms with Gasteiger partial charge in [0, 0.05) is 35.3 Å². The first-order chi connectivity index (χ1) is 23.3. The SMILES string of the molecule is COc1cc2c(cc1O)[C@H](Cc1ccc(OC)c(Oc3cc(OC)c(O)c4c3C[C@@H]3CCCc5cc(OC)c(OC)c-4c53)c1)N(C)CC2. The zero-order valence-corrected chi connectivity index (χ0v) is 28.4. The highest BCUT2D eigenvalue weighted by atomic mass is 16.5. The van der Waals surface area contributed by atoms with Gasteiger partial charge in [-0.3, -0.25) is 4.90 Å². The molecule has 2 atom stereocenters. The van der Waals surface area contributed by atoms with Gasteiger partial charge in [-0.2, -0.15) is 0 Å². The van der Waals surface area contributed by atoms with Crippen LogP contribution in [0, 0.1) is 0 Å². The molecule has 0 spiro atoms. The van der Waals surface area contributed by atoms with Crippen LogP contribution >= 0.6 is 0 Å². The lowest BCUT2D eigenvalue weighted by Gasteiger charge is -2.36. The average Bonchev–Trinajstić information content (AvgIpc) is 3.10. The molecule has 0 radical (unpaired) electrons. The molecular weight excluding hydrogens is 610 g/mol. The summed E-state index contributed by atoms with van der Waals surface area (Å²) in [4.78, 5) is 2.32. The number of phenolic OH excluding ortho intramolecular Hbond substituents is 2. The molecule has 0 saturated carbocycles. The van der Waals surface area contributed by atoms with E-state index in [9.17, 15) is 10.2 Å². The molecule has 0 unspecified atom stereocenters. The van der Waals surface area contributed by atoms with Crippen LogP contribution in [0.25, 0.3) is 11.1 Å². The lowest BCUT2D eigenvalue weighted by atomic mass is 9.70. The van der Waals surface area contributed by atoms with Gasteiger partial charge >= 0.3 is 0 Å². The predicted octanol–water partition coefficient (Wildman–Crippen LogP) is 7.35. The molecule has 1 heterocycles. The quantitative estimate of drug-likeness (QED) is 0.192. The third kappa shape index (κ3) is 5.21. The highest BCUT2D eigenvalue weighted by Gasteiger charge is 2.38. The van der Waals surface area contributed by atoms with Crippen LogP contribution < -0.4 is 28.4 Å². The van der Waals surface area contributed by atoms with E-state index in [1.807, 2.05) is 24.3 Å². The van der Waals surface area contributed by atoms with E-state index in [-0.39, 0.29) is 23.5 Å². The van der Waals surface area contributed by atoms with Crippen LogP contribution in [-0.2, 0) is 25.7 Å². The molecule has 9 heteroatoms. The molecule has 3 aliphatic rings. The molecule has 48 heavy (non-hydrogen) atoms. The topological polar surface area (TPSA) is 99.1 Å². The van der Waals surface area contributed by atoms with E-state index < -0.39 is 0 Å². The minimum absolute atomic E-state index is 0.0489. The van der Waals surface area contributed by atoms with Crippen LogP contribution in [0.2, 0.25) is 0 Å². The molecule has 252 valence electrons. The van der Waals surface area contributed by atoms with Crippen LogP contribution in [0.3, 0.4) is 0 Å². The summed E-state index contributed by atoms with van der Waals surface area (Å²) in [5.74, 6) is 4.23. The van der Waals surface area contributed by atoms with Gasteiger partial charge in [-0.15, -0.1) is 0 Å². The van der Waals surface area contributed by atoms with E-state index in [1.54, 1.807) is 41.6 Å². The van der Waals surface area contributed by atoms with E-state index in [0.717, 1.165) is 54.5 Å². The van der Waals surface area contributed by atoms with Crippen molar-refractivity contribution in [2.75, 3.05) is 49.1 Å². The average molecular weight is 654 g/mol. The predicted molar refractivity (Wildman–Crippen MR) is 183 cm³/mol. The fourth-order valence-corrected chi connectivity index (χ4v) is 8.04. The highest BCUT2D eigenvalue weighted by Crippen LogP contribution is 2.59. The van der Waals surface area contributed by atoms with Crippen molar-refractivity contribution in [1.82, 2.24) is 4.90 Å². The van der Waals surface area contributed by atoms with Crippen LogP contribution in [-0.4, -0.2) is 64.3 Å². The Balaban J connectivity index is 1.32. The molecular formula is C39H43NO8. The number of aryl methyl sites for hydroxylation is 1. The maximum atomic E-state index is 11.7. The standard InChI is InChI=1S/C39H43NO8/c1-40-13-12-22-17-31(44-3)28(41)19-25(22)27(40)14-21-10-11-29(43-2)32(15-21)48-30-20-33(45-4)38(42)36-26(30)16-23-8-7-9-24-18-34(46-5)39(47-6)37(36)35(23)24/h10-11,15,17-20,23,27,41-42H,7-9,12-14,16H2,1-6H3/t23-,27-/m0/s1. The largest absolute Gasteiger partial charge is 0.504 e. The second-order valence-electron chi connectivity index (χ2n) is 12.9. The van der Waals surface area contributed by atoms with E-state index in [4.69, 9.17) is 28.4 Å². The summed E-state index contributed by atoms with van der Waals surface area (Å²) in [6.45, 7) is 0.892. The van der Waals surface area contributed by atoms with Crippen molar-refractivity contribution in [1.29, 1.82) is 0 Å². The van der Waals surface area contributed by atoms with Crippen LogP contribution in [0.1, 0.15) is 58.2 Å². The second-order valence-corrected chi connectivity index (χ2v) is 12.9. The minimum Gasteiger partial charge on any atom is -0.504 e. The van der Waals surface area contributed by atoms with Crippen molar-refractivity contribution < 1.29 is 38.6 Å². The maximum Gasteiger partial charge on any atom is 0.169 e.